The van der Waals surface area contributed by atoms with Crippen LogP contribution < -0.4 is 5.32 Å². The maximum atomic E-state index is 4.17. The van der Waals surface area contributed by atoms with Crippen molar-refractivity contribution in [2.24, 2.45) is 0 Å². The highest BCUT2D eigenvalue weighted by atomic mass is 32.2. The molecule has 1 aromatic rings. The van der Waals surface area contributed by atoms with E-state index in [1.165, 1.54) is 0 Å². The molecule has 0 amide bonds. The summed E-state index contributed by atoms with van der Waals surface area (Å²) in [5.74, 6) is 0.990. The third-order valence-corrected chi connectivity index (χ3v) is 2.52. The van der Waals surface area contributed by atoms with E-state index in [1.54, 1.807) is 11.8 Å². The fourth-order valence-electron chi connectivity index (χ4n) is 1.38. The van der Waals surface area contributed by atoms with Gasteiger partial charge in [-0.05, 0) is 34.1 Å². The Morgan fingerprint density at radius 3 is 2.43 bits per heavy atom. The van der Waals surface area contributed by atoms with E-state index in [0.717, 1.165) is 17.5 Å². The molecule has 4 nitrogen and oxygen atoms in total. The SMILES string of the molecule is CNCc1nnc(SC)n1C(C)(C)C. The Hall–Kier alpha value is -0.550. The molecule has 0 radical (unpaired) electrons. The third-order valence-electron chi connectivity index (χ3n) is 1.89. The standard InChI is InChI=1S/C9H18N4S/c1-9(2,3)13-7(6-10-4)11-12-8(13)14-5/h10H,6H2,1-5H3. The summed E-state index contributed by atoms with van der Waals surface area (Å²) >= 11 is 1.63. The van der Waals surface area contributed by atoms with Gasteiger partial charge in [0.2, 0.25) is 0 Å². The van der Waals surface area contributed by atoms with Gasteiger partial charge in [0.05, 0.1) is 6.54 Å². The molecule has 0 fully saturated rings. The second kappa shape index (κ2) is 4.31. The molecule has 0 bridgehead atoms. The predicted octanol–water partition coefficient (Wildman–Crippen LogP) is 1.47. The molecule has 1 heterocycles. The van der Waals surface area contributed by atoms with E-state index in [1.807, 2.05) is 13.3 Å². The molecule has 0 saturated carbocycles. The molecule has 0 aliphatic carbocycles. The Labute approximate surface area is 89.5 Å². The largest absolute Gasteiger partial charge is 0.313 e. The first kappa shape index (κ1) is 11.5. The van der Waals surface area contributed by atoms with Crippen molar-refractivity contribution >= 4 is 11.8 Å². The first-order chi connectivity index (χ1) is 6.50. The quantitative estimate of drug-likeness (QED) is 0.774. The topological polar surface area (TPSA) is 42.7 Å². The van der Waals surface area contributed by atoms with Gasteiger partial charge in [-0.3, -0.25) is 4.57 Å². The molecule has 1 rings (SSSR count). The Bertz CT molecular complexity index is 300. The van der Waals surface area contributed by atoms with E-state index < -0.39 is 0 Å². The number of aromatic nitrogens is 3. The zero-order valence-electron chi connectivity index (χ0n) is 9.46. The van der Waals surface area contributed by atoms with E-state index in [4.69, 9.17) is 0 Å². The Kier molecular flexibility index (Phi) is 3.55. The van der Waals surface area contributed by atoms with Crippen LogP contribution in [0.2, 0.25) is 0 Å². The summed E-state index contributed by atoms with van der Waals surface area (Å²) in [7, 11) is 1.92. The summed E-state index contributed by atoms with van der Waals surface area (Å²) in [5, 5.41) is 12.4. The van der Waals surface area contributed by atoms with Crippen molar-refractivity contribution in [2.75, 3.05) is 13.3 Å². The van der Waals surface area contributed by atoms with Crippen molar-refractivity contribution in [1.82, 2.24) is 20.1 Å². The summed E-state index contributed by atoms with van der Waals surface area (Å²) in [6.07, 6.45) is 2.02. The molecule has 1 aromatic heterocycles. The Morgan fingerprint density at radius 2 is 2.00 bits per heavy atom. The van der Waals surface area contributed by atoms with Gasteiger partial charge in [-0.2, -0.15) is 0 Å². The van der Waals surface area contributed by atoms with Crippen LogP contribution in [0.5, 0.6) is 0 Å². The summed E-state index contributed by atoms with van der Waals surface area (Å²) in [5.41, 5.74) is 0.0357. The van der Waals surface area contributed by atoms with Crippen molar-refractivity contribution < 1.29 is 0 Å². The minimum absolute atomic E-state index is 0.0357. The van der Waals surface area contributed by atoms with Gasteiger partial charge >= 0.3 is 0 Å². The highest BCUT2D eigenvalue weighted by Crippen LogP contribution is 2.23. The molecule has 0 spiro atoms. The first-order valence-corrected chi connectivity index (χ1v) is 5.86. The second-order valence-electron chi connectivity index (χ2n) is 4.14. The molecule has 1 N–H and O–H groups in total. The molecule has 14 heavy (non-hydrogen) atoms. The van der Waals surface area contributed by atoms with Crippen molar-refractivity contribution in [3.63, 3.8) is 0 Å². The molecule has 0 aromatic carbocycles. The van der Waals surface area contributed by atoms with Crippen LogP contribution in [0, 0.1) is 0 Å². The fourth-order valence-corrected chi connectivity index (χ4v) is 2.06. The molecule has 0 saturated heterocycles. The van der Waals surface area contributed by atoms with Gasteiger partial charge in [0.15, 0.2) is 5.16 Å². The molecule has 0 aliphatic heterocycles. The molecule has 0 aliphatic rings. The minimum Gasteiger partial charge on any atom is -0.313 e. The smallest absolute Gasteiger partial charge is 0.191 e. The molecule has 80 valence electrons. The van der Waals surface area contributed by atoms with Gasteiger partial charge in [-0.25, -0.2) is 0 Å². The Morgan fingerprint density at radius 1 is 1.36 bits per heavy atom. The highest BCUT2D eigenvalue weighted by molar-refractivity contribution is 7.98. The molecular weight excluding hydrogens is 196 g/mol. The molecular formula is C9H18N4S. The van der Waals surface area contributed by atoms with Gasteiger partial charge in [-0.1, -0.05) is 11.8 Å². The zero-order valence-corrected chi connectivity index (χ0v) is 10.3. The van der Waals surface area contributed by atoms with Crippen LogP contribution in [-0.4, -0.2) is 28.1 Å². The number of nitrogens with zero attached hydrogens (tertiary/aromatic N) is 3. The normalized spacial score (nSPS) is 12.1. The van der Waals surface area contributed by atoms with Crippen molar-refractivity contribution in [3.8, 4) is 0 Å². The Balaban J connectivity index is 3.13. The van der Waals surface area contributed by atoms with Crippen LogP contribution in [0.4, 0.5) is 0 Å². The minimum atomic E-state index is 0.0357. The second-order valence-corrected chi connectivity index (χ2v) is 4.91. The lowest BCUT2D eigenvalue weighted by Crippen LogP contribution is -2.26. The highest BCUT2D eigenvalue weighted by Gasteiger charge is 2.21. The average molecular weight is 214 g/mol. The van der Waals surface area contributed by atoms with E-state index in [2.05, 4.69) is 40.9 Å². The maximum absolute atomic E-state index is 4.17. The molecule has 0 unspecified atom stereocenters. The van der Waals surface area contributed by atoms with Gasteiger partial charge in [0.25, 0.3) is 0 Å². The van der Waals surface area contributed by atoms with Crippen LogP contribution in [0.3, 0.4) is 0 Å². The van der Waals surface area contributed by atoms with Gasteiger partial charge in [0.1, 0.15) is 5.82 Å². The number of hydrogen-bond donors (Lipinski definition) is 1. The zero-order chi connectivity index (χ0) is 10.8. The van der Waals surface area contributed by atoms with Crippen LogP contribution in [-0.2, 0) is 12.1 Å². The predicted molar refractivity (Wildman–Crippen MR) is 59.6 cm³/mol. The van der Waals surface area contributed by atoms with E-state index in [0.29, 0.717) is 0 Å². The van der Waals surface area contributed by atoms with E-state index in [9.17, 15) is 0 Å². The molecule has 0 atom stereocenters. The monoisotopic (exact) mass is 214 g/mol. The lowest BCUT2D eigenvalue weighted by atomic mass is 10.1. The summed E-state index contributed by atoms with van der Waals surface area (Å²) in [4.78, 5) is 0. The van der Waals surface area contributed by atoms with Crippen molar-refractivity contribution in [2.45, 2.75) is 38.0 Å². The van der Waals surface area contributed by atoms with E-state index >= 15 is 0 Å². The lowest BCUT2D eigenvalue weighted by molar-refractivity contribution is 0.352. The molecule has 5 heteroatoms. The summed E-state index contributed by atoms with van der Waals surface area (Å²) in [6.45, 7) is 7.24. The van der Waals surface area contributed by atoms with Gasteiger partial charge in [0, 0.05) is 5.54 Å². The number of thioether (sulfide) groups is 1. The van der Waals surface area contributed by atoms with Crippen LogP contribution in [0.15, 0.2) is 5.16 Å². The first-order valence-electron chi connectivity index (χ1n) is 4.64. The van der Waals surface area contributed by atoms with E-state index in [-0.39, 0.29) is 5.54 Å². The fraction of sp³-hybridized carbons (Fsp3) is 0.778. The van der Waals surface area contributed by atoms with Crippen LogP contribution in [0.25, 0.3) is 0 Å². The van der Waals surface area contributed by atoms with Gasteiger partial charge < -0.3 is 5.32 Å². The van der Waals surface area contributed by atoms with Crippen molar-refractivity contribution in [3.05, 3.63) is 5.82 Å². The third kappa shape index (κ3) is 2.27. The number of nitrogens with one attached hydrogen (secondary N) is 1. The summed E-state index contributed by atoms with van der Waals surface area (Å²) < 4.78 is 2.17. The van der Waals surface area contributed by atoms with Gasteiger partial charge in [-0.15, -0.1) is 10.2 Å². The number of hydrogen-bond acceptors (Lipinski definition) is 4. The summed E-state index contributed by atoms with van der Waals surface area (Å²) in [6, 6.07) is 0. The maximum Gasteiger partial charge on any atom is 0.191 e. The van der Waals surface area contributed by atoms with Crippen LogP contribution >= 0.6 is 11.8 Å². The number of rotatable bonds is 3. The van der Waals surface area contributed by atoms with Crippen LogP contribution in [0.1, 0.15) is 26.6 Å². The lowest BCUT2D eigenvalue weighted by Gasteiger charge is -2.24. The van der Waals surface area contributed by atoms with Crippen molar-refractivity contribution in [1.29, 1.82) is 0 Å². The average Bonchev–Trinajstić information content (AvgIpc) is 2.47.